The first kappa shape index (κ1) is 22.8. The van der Waals surface area contributed by atoms with Crippen molar-refractivity contribution in [3.8, 4) is 0 Å². The summed E-state index contributed by atoms with van der Waals surface area (Å²) in [5.41, 5.74) is -4.34. The first-order chi connectivity index (χ1) is 11.4. The van der Waals surface area contributed by atoms with Crippen LogP contribution in [0, 0.1) is 13.8 Å². The van der Waals surface area contributed by atoms with Gasteiger partial charge in [-0.2, -0.15) is 26.3 Å². The van der Waals surface area contributed by atoms with Gasteiger partial charge >= 0.3 is 31.2 Å². The molecule has 1 atom stereocenters. The van der Waals surface area contributed by atoms with Crippen molar-refractivity contribution in [2.24, 2.45) is 0 Å². The van der Waals surface area contributed by atoms with Crippen LogP contribution >= 0.6 is 8.58 Å². The Morgan fingerprint density at radius 2 is 1.23 bits per heavy atom. The summed E-state index contributed by atoms with van der Waals surface area (Å²) in [5, 5.41) is 0.456. The predicted octanol–water partition coefficient (Wildman–Crippen LogP) is 2.60. The van der Waals surface area contributed by atoms with Gasteiger partial charge in [0.1, 0.15) is 0 Å². The van der Waals surface area contributed by atoms with Gasteiger partial charge in [0.2, 0.25) is 0 Å². The molecule has 0 heterocycles. The van der Waals surface area contributed by atoms with Gasteiger partial charge in [0.05, 0.1) is 11.1 Å². The fourth-order valence-electron chi connectivity index (χ4n) is 2.46. The summed E-state index contributed by atoms with van der Waals surface area (Å²) in [6.07, 6.45) is -10.1. The van der Waals surface area contributed by atoms with Crippen molar-refractivity contribution in [2.45, 2.75) is 26.2 Å². The molecule has 0 saturated heterocycles. The molecule has 0 aliphatic carbocycles. The molecule has 9 heteroatoms. The first-order valence-electron chi connectivity index (χ1n) is 7.08. The normalized spacial score (nSPS) is 12.3. The van der Waals surface area contributed by atoms with E-state index in [0.29, 0.717) is 34.6 Å². The van der Waals surface area contributed by atoms with Gasteiger partial charge in [-0.05, 0) is 51.0 Å². The second-order valence-electron chi connectivity index (χ2n) is 5.44. The number of aryl methyl sites for hydroxylation is 2. The van der Waals surface area contributed by atoms with E-state index in [9.17, 15) is 31.1 Å². The molecule has 26 heavy (non-hydrogen) atoms. The molecule has 0 aliphatic rings. The zero-order valence-corrected chi connectivity index (χ0v) is 15.1. The SMILES string of the molecule is Cc1cccc(C)c1PC(=O)c1c(C(F)(F)F)cccc1C(F)(F)F.[H-].[Li+]. The number of carbonyl (C=O) groups is 1. The van der Waals surface area contributed by atoms with Crippen LogP contribution in [0.25, 0.3) is 0 Å². The van der Waals surface area contributed by atoms with E-state index in [0.717, 1.165) is 0 Å². The third kappa shape index (κ3) is 4.91. The number of carbonyl (C=O) groups excluding carboxylic acids is 1. The average molecular weight is 386 g/mol. The maximum Gasteiger partial charge on any atom is 1.00 e. The first-order valence-corrected chi connectivity index (χ1v) is 8.08. The summed E-state index contributed by atoms with van der Waals surface area (Å²) < 4.78 is 78.9. The predicted molar refractivity (Wildman–Crippen MR) is 85.8 cm³/mol. The molecule has 136 valence electrons. The monoisotopic (exact) mass is 386 g/mol. The van der Waals surface area contributed by atoms with Crippen molar-refractivity contribution in [3.05, 3.63) is 64.2 Å². The summed E-state index contributed by atoms with van der Waals surface area (Å²) in [7, 11) is -0.835. The van der Waals surface area contributed by atoms with E-state index in [1.807, 2.05) is 0 Å². The van der Waals surface area contributed by atoms with Gasteiger partial charge in [-0.25, -0.2) is 0 Å². The van der Waals surface area contributed by atoms with Crippen molar-refractivity contribution in [1.82, 2.24) is 0 Å². The smallest absolute Gasteiger partial charge is 1.00 e. The van der Waals surface area contributed by atoms with Crippen molar-refractivity contribution in [1.29, 1.82) is 0 Å². The molecule has 1 unspecified atom stereocenters. The molecule has 0 N–H and O–H groups in total. The van der Waals surface area contributed by atoms with Crippen LogP contribution in [0.4, 0.5) is 26.3 Å². The van der Waals surface area contributed by atoms with Gasteiger partial charge in [0.25, 0.3) is 0 Å². The number of hydrogen-bond donors (Lipinski definition) is 0. The van der Waals surface area contributed by atoms with Crippen molar-refractivity contribution >= 4 is 19.4 Å². The summed E-state index contributed by atoms with van der Waals surface area (Å²) in [6.45, 7) is 3.31. The Morgan fingerprint density at radius 1 is 0.846 bits per heavy atom. The van der Waals surface area contributed by atoms with E-state index in [1.165, 1.54) is 0 Å². The standard InChI is InChI=1S/C17H13F6OP.Li.H/c1-9-5-3-6-10(2)14(9)25-15(24)13-11(16(18,19)20)7-4-8-12(13)17(21,22)23;;/h3-8,25H,1-2H3;;/q;+1;-1. The van der Waals surface area contributed by atoms with E-state index < -0.39 is 43.1 Å². The van der Waals surface area contributed by atoms with Gasteiger partial charge in [-0.15, -0.1) is 0 Å². The largest absolute Gasteiger partial charge is 1.00 e. The third-order valence-electron chi connectivity index (χ3n) is 3.62. The zero-order valence-electron chi connectivity index (χ0n) is 15.1. The Labute approximate surface area is 161 Å². The molecule has 0 fully saturated rings. The number of benzene rings is 2. The van der Waals surface area contributed by atoms with Crippen LogP contribution in [0.2, 0.25) is 0 Å². The van der Waals surface area contributed by atoms with Crippen LogP contribution in [0.5, 0.6) is 0 Å². The molecular formula is C17H14F6LiOP. The second kappa shape index (κ2) is 8.17. The van der Waals surface area contributed by atoms with Gasteiger partial charge < -0.3 is 1.43 Å². The summed E-state index contributed by atoms with van der Waals surface area (Å²) >= 11 is 0. The molecule has 0 saturated carbocycles. The van der Waals surface area contributed by atoms with Crippen LogP contribution in [0.1, 0.15) is 34.0 Å². The summed E-state index contributed by atoms with van der Waals surface area (Å²) in [6, 6.07) is 6.67. The van der Waals surface area contributed by atoms with E-state index in [4.69, 9.17) is 0 Å². The molecule has 0 spiro atoms. The van der Waals surface area contributed by atoms with Crippen molar-refractivity contribution < 1.29 is 51.4 Å². The fraction of sp³-hybridized carbons (Fsp3) is 0.235. The molecule has 1 nitrogen and oxygen atoms in total. The minimum atomic E-state index is -5.06. The maximum atomic E-state index is 13.2. The molecule has 0 radical (unpaired) electrons. The van der Waals surface area contributed by atoms with E-state index in [-0.39, 0.29) is 20.3 Å². The van der Waals surface area contributed by atoms with Crippen LogP contribution in [0.15, 0.2) is 36.4 Å². The molecule has 0 bridgehead atoms. The molecule has 2 aromatic carbocycles. The molecule has 0 amide bonds. The number of hydrogen-bond acceptors (Lipinski definition) is 1. The Hall–Kier alpha value is -1.28. The van der Waals surface area contributed by atoms with E-state index >= 15 is 0 Å². The molecule has 0 aliphatic heterocycles. The van der Waals surface area contributed by atoms with Gasteiger partial charge in [0, 0.05) is 5.56 Å². The minimum Gasteiger partial charge on any atom is -1.00 e. The Balaban J connectivity index is 0.00000338. The zero-order chi connectivity index (χ0) is 19.0. The number of alkyl halides is 6. The number of halogens is 6. The topological polar surface area (TPSA) is 17.1 Å². The van der Waals surface area contributed by atoms with Gasteiger partial charge in [-0.3, -0.25) is 4.79 Å². The maximum absolute atomic E-state index is 13.2. The summed E-state index contributed by atoms with van der Waals surface area (Å²) in [5.74, 6) is 0. The summed E-state index contributed by atoms with van der Waals surface area (Å²) in [4.78, 5) is 12.5. The third-order valence-corrected chi connectivity index (χ3v) is 5.14. The van der Waals surface area contributed by atoms with Gasteiger partial charge in [-0.1, -0.05) is 24.3 Å². The van der Waals surface area contributed by atoms with Crippen molar-refractivity contribution in [2.75, 3.05) is 0 Å². The van der Waals surface area contributed by atoms with Crippen LogP contribution < -0.4 is 24.2 Å². The molecular weight excluding hydrogens is 372 g/mol. The van der Waals surface area contributed by atoms with E-state index in [1.54, 1.807) is 32.0 Å². The average Bonchev–Trinajstić information content (AvgIpc) is 2.48. The molecule has 2 rings (SSSR count). The van der Waals surface area contributed by atoms with E-state index in [2.05, 4.69) is 0 Å². The number of rotatable bonds is 3. The quantitative estimate of drug-likeness (QED) is 0.451. The second-order valence-corrected chi connectivity index (χ2v) is 6.65. The van der Waals surface area contributed by atoms with Crippen LogP contribution in [-0.2, 0) is 12.4 Å². The molecule has 2 aromatic rings. The van der Waals surface area contributed by atoms with Gasteiger partial charge in [0.15, 0.2) is 5.52 Å². The van der Waals surface area contributed by atoms with Crippen LogP contribution in [0.3, 0.4) is 0 Å². The van der Waals surface area contributed by atoms with Crippen molar-refractivity contribution in [3.63, 3.8) is 0 Å². The Morgan fingerprint density at radius 3 is 1.62 bits per heavy atom. The Kier molecular flexibility index (Phi) is 7.15. The minimum absolute atomic E-state index is 0. The van der Waals surface area contributed by atoms with Crippen LogP contribution in [-0.4, -0.2) is 5.52 Å². The fourth-order valence-corrected chi connectivity index (χ4v) is 3.64. The Bertz CT molecular complexity index is 768. The molecule has 0 aromatic heterocycles.